The lowest BCUT2D eigenvalue weighted by atomic mass is 10.2. The van der Waals surface area contributed by atoms with Gasteiger partial charge in [-0.05, 0) is 6.07 Å². The third kappa shape index (κ3) is 3.41. The van der Waals surface area contributed by atoms with Crippen LogP contribution in [0.25, 0.3) is 0 Å². The average molecular weight is 259 g/mol. The van der Waals surface area contributed by atoms with Crippen molar-refractivity contribution < 1.29 is 27.8 Å². The van der Waals surface area contributed by atoms with Crippen LogP contribution in [0.5, 0.6) is 0 Å². The fourth-order valence-electron chi connectivity index (χ4n) is 1.13. The highest BCUT2D eigenvalue weighted by molar-refractivity contribution is 5.90. The van der Waals surface area contributed by atoms with Gasteiger partial charge in [0.25, 0.3) is 0 Å². The van der Waals surface area contributed by atoms with Gasteiger partial charge in [-0.1, -0.05) is 0 Å². The maximum Gasteiger partial charge on any atom is 0.341 e. The van der Waals surface area contributed by atoms with Crippen LogP contribution in [-0.2, 0) is 14.3 Å². The van der Waals surface area contributed by atoms with Gasteiger partial charge in [-0.15, -0.1) is 0 Å². The summed E-state index contributed by atoms with van der Waals surface area (Å²) >= 11 is 0. The van der Waals surface area contributed by atoms with Crippen molar-refractivity contribution in [3.05, 3.63) is 29.3 Å². The number of anilines is 1. The Kier molecular flexibility index (Phi) is 4.59. The molecular formula is C11H11F2NO4. The van der Waals surface area contributed by atoms with E-state index < -0.39 is 34.8 Å². The average Bonchev–Trinajstić information content (AvgIpc) is 2.33. The number of rotatable bonds is 4. The second-order valence-electron chi connectivity index (χ2n) is 3.32. The molecule has 1 aromatic rings. The van der Waals surface area contributed by atoms with Gasteiger partial charge in [0.1, 0.15) is 18.2 Å². The highest BCUT2D eigenvalue weighted by Crippen LogP contribution is 2.17. The summed E-state index contributed by atoms with van der Waals surface area (Å²) in [5, 5.41) is 0. The van der Waals surface area contributed by atoms with Crippen molar-refractivity contribution >= 4 is 17.6 Å². The van der Waals surface area contributed by atoms with Gasteiger partial charge < -0.3 is 15.2 Å². The van der Waals surface area contributed by atoms with Crippen LogP contribution in [0.3, 0.4) is 0 Å². The number of esters is 2. The first-order chi connectivity index (χ1) is 8.45. The fraction of sp³-hybridized carbons (Fsp3) is 0.273. The van der Waals surface area contributed by atoms with Crippen LogP contribution in [0.1, 0.15) is 16.8 Å². The first kappa shape index (κ1) is 13.9. The lowest BCUT2D eigenvalue weighted by molar-refractivity contribution is -0.141. The number of hydrogen-bond donors (Lipinski definition) is 1. The van der Waals surface area contributed by atoms with Gasteiger partial charge in [0.05, 0.1) is 24.8 Å². The SMILES string of the molecule is COC(=O)CCOC(=O)c1cc(F)c(N)cc1F. The molecule has 7 heteroatoms. The molecule has 5 nitrogen and oxygen atoms in total. The van der Waals surface area contributed by atoms with Crippen molar-refractivity contribution in [1.29, 1.82) is 0 Å². The number of carbonyl (C=O) groups is 2. The highest BCUT2D eigenvalue weighted by atomic mass is 19.1. The Hall–Kier alpha value is -2.18. The molecule has 0 saturated carbocycles. The third-order valence-corrected chi connectivity index (χ3v) is 2.07. The molecule has 0 radical (unpaired) electrons. The molecule has 1 rings (SSSR count). The van der Waals surface area contributed by atoms with Crippen LogP contribution in [0.2, 0.25) is 0 Å². The summed E-state index contributed by atoms with van der Waals surface area (Å²) in [7, 11) is 1.18. The molecule has 0 aliphatic carbocycles. The number of nitrogen functional groups attached to an aromatic ring is 1. The maximum atomic E-state index is 13.3. The molecule has 0 amide bonds. The van der Waals surface area contributed by atoms with Crippen molar-refractivity contribution in [3.63, 3.8) is 0 Å². The van der Waals surface area contributed by atoms with Crippen LogP contribution in [0.15, 0.2) is 12.1 Å². The molecule has 0 unspecified atom stereocenters. The molecule has 18 heavy (non-hydrogen) atoms. The van der Waals surface area contributed by atoms with Crippen molar-refractivity contribution in [2.24, 2.45) is 0 Å². The number of carbonyl (C=O) groups excluding carboxylic acids is 2. The number of benzene rings is 1. The van der Waals surface area contributed by atoms with Gasteiger partial charge in [0.2, 0.25) is 0 Å². The van der Waals surface area contributed by atoms with E-state index >= 15 is 0 Å². The number of methoxy groups -OCH3 is 1. The Labute approximate surface area is 101 Å². The number of ether oxygens (including phenoxy) is 2. The van der Waals surface area contributed by atoms with Crippen molar-refractivity contribution in [2.75, 3.05) is 19.5 Å². The number of hydrogen-bond acceptors (Lipinski definition) is 5. The van der Waals surface area contributed by atoms with Crippen molar-refractivity contribution in [3.8, 4) is 0 Å². The maximum absolute atomic E-state index is 13.3. The summed E-state index contributed by atoms with van der Waals surface area (Å²) in [6.07, 6.45) is -0.165. The van der Waals surface area contributed by atoms with Gasteiger partial charge in [0.15, 0.2) is 0 Å². The molecule has 0 fully saturated rings. The monoisotopic (exact) mass is 259 g/mol. The van der Waals surface area contributed by atoms with E-state index in [0.717, 1.165) is 0 Å². The Morgan fingerprint density at radius 1 is 1.28 bits per heavy atom. The largest absolute Gasteiger partial charge is 0.469 e. The first-order valence-electron chi connectivity index (χ1n) is 4.94. The topological polar surface area (TPSA) is 78.6 Å². The summed E-state index contributed by atoms with van der Waals surface area (Å²) in [4.78, 5) is 22.1. The van der Waals surface area contributed by atoms with E-state index in [1.165, 1.54) is 7.11 Å². The van der Waals surface area contributed by atoms with E-state index in [4.69, 9.17) is 5.73 Å². The van der Waals surface area contributed by atoms with Gasteiger partial charge >= 0.3 is 11.9 Å². The lowest BCUT2D eigenvalue weighted by Crippen LogP contribution is -2.13. The Morgan fingerprint density at radius 2 is 1.94 bits per heavy atom. The lowest BCUT2D eigenvalue weighted by Gasteiger charge is -2.06. The molecule has 0 saturated heterocycles. The molecule has 0 atom stereocenters. The van der Waals surface area contributed by atoms with Crippen molar-refractivity contribution in [1.82, 2.24) is 0 Å². The Morgan fingerprint density at radius 3 is 2.56 bits per heavy atom. The van der Waals surface area contributed by atoms with E-state index in [9.17, 15) is 18.4 Å². The fourth-order valence-corrected chi connectivity index (χ4v) is 1.13. The normalized spacial score (nSPS) is 9.94. The van der Waals surface area contributed by atoms with E-state index in [1.807, 2.05) is 0 Å². The van der Waals surface area contributed by atoms with Gasteiger partial charge in [-0.3, -0.25) is 4.79 Å². The summed E-state index contributed by atoms with van der Waals surface area (Å²) in [6, 6.07) is 1.33. The summed E-state index contributed by atoms with van der Waals surface area (Å²) in [5.41, 5.74) is 4.14. The molecule has 0 aromatic heterocycles. The molecule has 0 aliphatic heterocycles. The molecule has 2 N–H and O–H groups in total. The third-order valence-electron chi connectivity index (χ3n) is 2.07. The summed E-state index contributed by atoms with van der Waals surface area (Å²) in [5.74, 6) is -3.56. The summed E-state index contributed by atoms with van der Waals surface area (Å²) < 4.78 is 35.2. The van der Waals surface area contributed by atoms with Crippen LogP contribution in [-0.4, -0.2) is 25.7 Å². The first-order valence-corrected chi connectivity index (χ1v) is 4.94. The predicted octanol–water partition coefficient (Wildman–Crippen LogP) is 1.27. The molecular weight excluding hydrogens is 248 g/mol. The summed E-state index contributed by atoms with van der Waals surface area (Å²) in [6.45, 7) is -0.281. The van der Waals surface area contributed by atoms with Gasteiger partial charge in [0, 0.05) is 6.07 Å². The second kappa shape index (κ2) is 5.95. The smallest absolute Gasteiger partial charge is 0.341 e. The number of nitrogens with two attached hydrogens (primary N) is 1. The quantitative estimate of drug-likeness (QED) is 0.650. The van der Waals surface area contributed by atoms with Gasteiger partial charge in [-0.25, -0.2) is 13.6 Å². The molecule has 1 aromatic carbocycles. The van der Waals surface area contributed by atoms with E-state index in [0.29, 0.717) is 12.1 Å². The minimum Gasteiger partial charge on any atom is -0.469 e. The molecule has 98 valence electrons. The Bertz CT molecular complexity index is 476. The van der Waals surface area contributed by atoms with Crippen LogP contribution in [0.4, 0.5) is 14.5 Å². The minimum atomic E-state index is -1.07. The van der Waals surface area contributed by atoms with E-state index in [1.54, 1.807) is 0 Å². The zero-order chi connectivity index (χ0) is 13.7. The highest BCUT2D eigenvalue weighted by Gasteiger charge is 2.16. The van der Waals surface area contributed by atoms with Crippen LogP contribution < -0.4 is 5.73 Å². The second-order valence-corrected chi connectivity index (χ2v) is 3.32. The zero-order valence-corrected chi connectivity index (χ0v) is 9.54. The van der Waals surface area contributed by atoms with Crippen LogP contribution in [0, 0.1) is 11.6 Å². The van der Waals surface area contributed by atoms with Crippen molar-refractivity contribution in [2.45, 2.75) is 6.42 Å². The molecule has 0 spiro atoms. The molecule has 0 heterocycles. The minimum absolute atomic E-state index is 0.165. The number of halogens is 2. The van der Waals surface area contributed by atoms with Gasteiger partial charge in [-0.2, -0.15) is 0 Å². The van der Waals surface area contributed by atoms with E-state index in [-0.39, 0.29) is 13.0 Å². The van der Waals surface area contributed by atoms with Crippen LogP contribution >= 0.6 is 0 Å². The van der Waals surface area contributed by atoms with E-state index in [2.05, 4.69) is 9.47 Å². The predicted molar refractivity (Wildman–Crippen MR) is 57.7 cm³/mol. The zero-order valence-electron chi connectivity index (χ0n) is 9.54. The molecule has 0 bridgehead atoms. The Balaban J connectivity index is 2.67. The molecule has 0 aliphatic rings. The standard InChI is InChI=1S/C11H11F2NO4/c1-17-10(15)2-3-18-11(16)6-4-8(13)9(14)5-7(6)12/h4-5H,2-3,14H2,1H3.